The normalized spacial score (nSPS) is 13.2. The number of fused-ring (bicyclic) bond motifs is 3. The van der Waals surface area contributed by atoms with Gasteiger partial charge in [-0.1, -0.05) is 54.6 Å². The average Bonchev–Trinajstić information content (AvgIpc) is 3.06. The number of carboxylic acid groups (broad SMARTS) is 1. The van der Waals surface area contributed by atoms with Gasteiger partial charge in [0.2, 0.25) is 0 Å². The second kappa shape index (κ2) is 8.14. The molecule has 0 aliphatic heterocycles. The number of aromatic nitrogens is 1. The van der Waals surface area contributed by atoms with Crippen molar-refractivity contribution in [2.45, 2.75) is 18.4 Å². The SMILES string of the molecule is O=C(O)CC(NC(=O)OCC1c2ccccc2-c2ccccc21)c1cccnc1. The summed E-state index contributed by atoms with van der Waals surface area (Å²) in [6, 6.07) is 18.9. The zero-order valence-electron chi connectivity index (χ0n) is 15.6. The van der Waals surface area contributed by atoms with Gasteiger partial charge in [0, 0.05) is 18.3 Å². The van der Waals surface area contributed by atoms with E-state index in [0.29, 0.717) is 5.56 Å². The van der Waals surface area contributed by atoms with Gasteiger partial charge in [0.25, 0.3) is 0 Å². The molecule has 1 atom stereocenters. The van der Waals surface area contributed by atoms with Gasteiger partial charge in [-0.15, -0.1) is 0 Å². The number of nitrogens with one attached hydrogen (secondary N) is 1. The molecular formula is C23H20N2O4. The number of alkyl carbamates (subject to hydrolysis) is 1. The minimum Gasteiger partial charge on any atom is -0.481 e. The first kappa shape index (κ1) is 18.7. The fourth-order valence-electron chi connectivity index (χ4n) is 3.79. The maximum atomic E-state index is 12.4. The Morgan fingerprint density at radius 3 is 2.24 bits per heavy atom. The summed E-state index contributed by atoms with van der Waals surface area (Å²) in [6.45, 7) is 0.173. The lowest BCUT2D eigenvalue weighted by Gasteiger charge is -2.19. The lowest BCUT2D eigenvalue weighted by molar-refractivity contribution is -0.137. The Morgan fingerprint density at radius 1 is 1.00 bits per heavy atom. The van der Waals surface area contributed by atoms with E-state index in [1.54, 1.807) is 18.3 Å². The molecule has 0 saturated heterocycles. The highest BCUT2D eigenvalue weighted by Gasteiger charge is 2.29. The molecule has 1 aliphatic rings. The van der Waals surface area contributed by atoms with Crippen molar-refractivity contribution < 1.29 is 19.4 Å². The number of amides is 1. The number of rotatable bonds is 6. The van der Waals surface area contributed by atoms with Gasteiger partial charge in [-0.05, 0) is 33.9 Å². The van der Waals surface area contributed by atoms with Crippen LogP contribution in [-0.4, -0.2) is 28.8 Å². The molecular weight excluding hydrogens is 368 g/mol. The van der Waals surface area contributed by atoms with E-state index < -0.39 is 18.1 Å². The van der Waals surface area contributed by atoms with Crippen LogP contribution in [0.5, 0.6) is 0 Å². The third-order valence-corrected chi connectivity index (χ3v) is 5.10. The maximum absolute atomic E-state index is 12.4. The molecule has 1 aliphatic carbocycles. The first-order chi connectivity index (χ1) is 14.1. The quantitative estimate of drug-likeness (QED) is 0.663. The third-order valence-electron chi connectivity index (χ3n) is 5.10. The van der Waals surface area contributed by atoms with Crippen LogP contribution in [0.1, 0.15) is 35.1 Å². The van der Waals surface area contributed by atoms with Crippen LogP contribution in [-0.2, 0) is 9.53 Å². The number of hydrogen-bond donors (Lipinski definition) is 2. The first-order valence-corrected chi connectivity index (χ1v) is 9.36. The maximum Gasteiger partial charge on any atom is 0.407 e. The van der Waals surface area contributed by atoms with Crippen LogP contribution < -0.4 is 5.32 Å². The Kier molecular flexibility index (Phi) is 5.24. The molecule has 0 bridgehead atoms. The highest BCUT2D eigenvalue weighted by molar-refractivity contribution is 5.79. The predicted octanol–water partition coefficient (Wildman–Crippen LogP) is 4.14. The van der Waals surface area contributed by atoms with Gasteiger partial charge >= 0.3 is 12.1 Å². The second-order valence-electron chi connectivity index (χ2n) is 6.91. The summed E-state index contributed by atoms with van der Waals surface area (Å²) in [5.41, 5.74) is 5.16. The Bertz CT molecular complexity index is 990. The molecule has 146 valence electrons. The molecule has 0 saturated carbocycles. The molecule has 1 unspecified atom stereocenters. The Hall–Kier alpha value is -3.67. The lowest BCUT2D eigenvalue weighted by Crippen LogP contribution is -2.31. The fourth-order valence-corrected chi connectivity index (χ4v) is 3.79. The monoisotopic (exact) mass is 388 g/mol. The van der Waals surface area contributed by atoms with Crippen molar-refractivity contribution in [1.29, 1.82) is 0 Å². The largest absolute Gasteiger partial charge is 0.481 e. The van der Waals surface area contributed by atoms with Gasteiger partial charge in [0.05, 0.1) is 12.5 Å². The summed E-state index contributed by atoms with van der Waals surface area (Å²) in [5, 5.41) is 11.8. The van der Waals surface area contributed by atoms with Crippen LogP contribution in [0.3, 0.4) is 0 Å². The van der Waals surface area contributed by atoms with Gasteiger partial charge in [-0.2, -0.15) is 0 Å². The van der Waals surface area contributed by atoms with Crippen molar-refractivity contribution in [3.05, 3.63) is 89.7 Å². The molecule has 4 rings (SSSR count). The van der Waals surface area contributed by atoms with E-state index in [1.165, 1.54) is 6.20 Å². The minimum absolute atomic E-state index is 0.0514. The van der Waals surface area contributed by atoms with Gasteiger partial charge in [-0.25, -0.2) is 4.79 Å². The topological polar surface area (TPSA) is 88.5 Å². The number of carbonyl (C=O) groups excluding carboxylic acids is 1. The summed E-state index contributed by atoms with van der Waals surface area (Å²) in [7, 11) is 0. The second-order valence-corrected chi connectivity index (χ2v) is 6.91. The van der Waals surface area contributed by atoms with Crippen LogP contribution in [0.2, 0.25) is 0 Å². The Balaban J connectivity index is 1.47. The highest BCUT2D eigenvalue weighted by Crippen LogP contribution is 2.44. The zero-order valence-corrected chi connectivity index (χ0v) is 15.6. The number of ether oxygens (including phenoxy) is 1. The van der Waals surface area contributed by atoms with Crippen molar-refractivity contribution in [3.8, 4) is 11.1 Å². The fraction of sp³-hybridized carbons (Fsp3) is 0.174. The number of benzene rings is 2. The highest BCUT2D eigenvalue weighted by atomic mass is 16.5. The molecule has 29 heavy (non-hydrogen) atoms. The molecule has 0 spiro atoms. The minimum atomic E-state index is -1.02. The van der Waals surface area contributed by atoms with Gasteiger partial charge < -0.3 is 15.2 Å². The van der Waals surface area contributed by atoms with Crippen molar-refractivity contribution in [1.82, 2.24) is 10.3 Å². The van der Waals surface area contributed by atoms with Crippen LogP contribution in [0.4, 0.5) is 4.79 Å². The molecule has 1 heterocycles. The number of carboxylic acids is 1. The average molecular weight is 388 g/mol. The third kappa shape index (κ3) is 3.96. The summed E-state index contributed by atoms with van der Waals surface area (Å²) >= 11 is 0. The predicted molar refractivity (Wildman–Crippen MR) is 107 cm³/mol. The standard InChI is InChI=1S/C23H20N2O4/c26-22(27)12-21(15-6-5-11-24-13-15)25-23(28)29-14-20-18-9-3-1-7-16(18)17-8-2-4-10-19(17)20/h1-11,13,20-21H,12,14H2,(H,25,28)(H,26,27). The number of carbonyl (C=O) groups is 2. The number of hydrogen-bond acceptors (Lipinski definition) is 4. The van der Waals surface area contributed by atoms with E-state index in [1.807, 2.05) is 36.4 Å². The van der Waals surface area contributed by atoms with Crippen LogP contribution in [0.15, 0.2) is 73.1 Å². The molecule has 0 fully saturated rings. The zero-order chi connectivity index (χ0) is 20.2. The molecule has 0 radical (unpaired) electrons. The summed E-state index contributed by atoms with van der Waals surface area (Å²) < 4.78 is 5.51. The summed E-state index contributed by atoms with van der Waals surface area (Å²) in [6.07, 6.45) is 2.23. The van der Waals surface area contributed by atoms with Crippen molar-refractivity contribution in [2.24, 2.45) is 0 Å². The van der Waals surface area contributed by atoms with E-state index in [0.717, 1.165) is 22.3 Å². The van der Waals surface area contributed by atoms with E-state index in [9.17, 15) is 9.59 Å². The Morgan fingerprint density at radius 2 is 1.66 bits per heavy atom. The number of aliphatic carboxylic acids is 1. The van der Waals surface area contributed by atoms with Crippen molar-refractivity contribution in [2.75, 3.05) is 6.61 Å². The molecule has 3 aromatic rings. The molecule has 2 aromatic carbocycles. The molecule has 6 heteroatoms. The van der Waals surface area contributed by atoms with Crippen molar-refractivity contribution in [3.63, 3.8) is 0 Å². The van der Waals surface area contributed by atoms with Crippen LogP contribution in [0, 0.1) is 0 Å². The summed E-state index contributed by atoms with van der Waals surface area (Å²) in [4.78, 5) is 27.6. The first-order valence-electron chi connectivity index (χ1n) is 9.36. The van der Waals surface area contributed by atoms with Gasteiger partial charge in [0.1, 0.15) is 6.61 Å². The summed E-state index contributed by atoms with van der Waals surface area (Å²) in [5.74, 6) is -1.07. The number of pyridine rings is 1. The number of nitrogens with zero attached hydrogens (tertiary/aromatic N) is 1. The lowest BCUT2D eigenvalue weighted by atomic mass is 9.98. The van der Waals surface area contributed by atoms with E-state index in [2.05, 4.69) is 22.4 Å². The van der Waals surface area contributed by atoms with E-state index in [4.69, 9.17) is 9.84 Å². The smallest absolute Gasteiger partial charge is 0.407 e. The van der Waals surface area contributed by atoms with Gasteiger partial charge in [-0.3, -0.25) is 9.78 Å². The molecule has 2 N–H and O–H groups in total. The van der Waals surface area contributed by atoms with Gasteiger partial charge in [0.15, 0.2) is 0 Å². The van der Waals surface area contributed by atoms with E-state index in [-0.39, 0.29) is 18.9 Å². The molecule has 1 aromatic heterocycles. The van der Waals surface area contributed by atoms with Crippen molar-refractivity contribution >= 4 is 12.1 Å². The van der Waals surface area contributed by atoms with Crippen LogP contribution >= 0.6 is 0 Å². The molecule has 6 nitrogen and oxygen atoms in total. The Labute approximate surface area is 168 Å². The van der Waals surface area contributed by atoms with E-state index >= 15 is 0 Å². The van der Waals surface area contributed by atoms with Crippen LogP contribution in [0.25, 0.3) is 11.1 Å². The molecule has 1 amide bonds.